The highest BCUT2D eigenvalue weighted by Gasteiger charge is 2.53. The van der Waals surface area contributed by atoms with Crippen LogP contribution in [0.4, 0.5) is 0 Å². The van der Waals surface area contributed by atoms with Crippen LogP contribution in [-0.2, 0) is 5.41 Å². The summed E-state index contributed by atoms with van der Waals surface area (Å²) in [4.78, 5) is 0. The number of rotatable bonds is 1. The van der Waals surface area contributed by atoms with Gasteiger partial charge in [0.1, 0.15) is 11.5 Å². The van der Waals surface area contributed by atoms with Crippen molar-refractivity contribution in [1.82, 2.24) is 0 Å². The number of aromatic hydroxyl groups is 2. The molecule has 4 aliphatic carbocycles. The maximum Gasteiger partial charge on any atom is 0.123 e. The van der Waals surface area contributed by atoms with Gasteiger partial charge in [-0.25, -0.2) is 0 Å². The van der Waals surface area contributed by atoms with Gasteiger partial charge in [-0.15, -0.1) is 0 Å². The molecule has 2 N–H and O–H groups in total. The van der Waals surface area contributed by atoms with Crippen LogP contribution in [0.1, 0.15) is 49.7 Å². The van der Waals surface area contributed by atoms with Gasteiger partial charge in [0.15, 0.2) is 0 Å². The molecule has 0 amide bonds. The molecule has 102 valence electrons. The Morgan fingerprint density at radius 1 is 0.895 bits per heavy atom. The van der Waals surface area contributed by atoms with Gasteiger partial charge >= 0.3 is 0 Å². The minimum atomic E-state index is 0.0661. The molecule has 4 bridgehead atoms. The standard InChI is InChI=1S/C17H22O2/c1-10-2-14(18)16(15(19)3-10)17-7-11-4-12(8-17)6-13(5-11)9-17/h2-3,11-13,18-19H,4-9H2,1H3. The SMILES string of the molecule is Cc1cc(O)c(C23CC4CC(CC(C4)C2)C3)c(O)c1. The molecule has 0 heterocycles. The van der Waals surface area contributed by atoms with E-state index in [9.17, 15) is 10.2 Å². The lowest BCUT2D eigenvalue weighted by Crippen LogP contribution is -2.48. The lowest BCUT2D eigenvalue weighted by atomic mass is 9.48. The summed E-state index contributed by atoms with van der Waals surface area (Å²) in [5, 5.41) is 20.7. The molecule has 0 unspecified atom stereocenters. The fourth-order valence-corrected chi connectivity index (χ4v) is 5.71. The van der Waals surface area contributed by atoms with Crippen molar-refractivity contribution in [3.63, 3.8) is 0 Å². The second-order valence-electron chi connectivity index (χ2n) is 7.38. The van der Waals surface area contributed by atoms with E-state index in [1.54, 1.807) is 0 Å². The highest BCUT2D eigenvalue weighted by molar-refractivity contribution is 5.51. The van der Waals surface area contributed by atoms with E-state index in [2.05, 4.69) is 0 Å². The third-order valence-corrected chi connectivity index (χ3v) is 5.81. The van der Waals surface area contributed by atoms with Crippen molar-refractivity contribution in [2.45, 2.75) is 50.9 Å². The smallest absolute Gasteiger partial charge is 0.123 e. The molecule has 0 spiro atoms. The zero-order valence-electron chi connectivity index (χ0n) is 11.5. The highest BCUT2D eigenvalue weighted by atomic mass is 16.3. The molecular weight excluding hydrogens is 236 g/mol. The number of phenols is 2. The minimum Gasteiger partial charge on any atom is -0.507 e. The molecule has 1 aromatic carbocycles. The summed E-state index contributed by atoms with van der Waals surface area (Å²) in [7, 11) is 0. The maximum atomic E-state index is 10.4. The fourth-order valence-electron chi connectivity index (χ4n) is 5.71. The first-order valence-electron chi connectivity index (χ1n) is 7.59. The average molecular weight is 258 g/mol. The summed E-state index contributed by atoms with van der Waals surface area (Å²) >= 11 is 0. The Kier molecular flexibility index (Phi) is 2.25. The molecule has 19 heavy (non-hydrogen) atoms. The van der Waals surface area contributed by atoms with Gasteiger partial charge in [-0.1, -0.05) is 0 Å². The predicted octanol–water partition coefficient (Wildman–Crippen LogP) is 3.87. The van der Waals surface area contributed by atoms with Gasteiger partial charge in [0.25, 0.3) is 0 Å². The third kappa shape index (κ3) is 1.62. The maximum absolute atomic E-state index is 10.4. The van der Waals surface area contributed by atoms with Gasteiger partial charge in [-0.2, -0.15) is 0 Å². The van der Waals surface area contributed by atoms with Gasteiger partial charge in [0.2, 0.25) is 0 Å². The van der Waals surface area contributed by atoms with Crippen molar-refractivity contribution < 1.29 is 10.2 Å². The molecule has 4 aliphatic rings. The molecule has 4 fully saturated rings. The topological polar surface area (TPSA) is 40.5 Å². The van der Waals surface area contributed by atoms with Crippen LogP contribution in [0.3, 0.4) is 0 Å². The van der Waals surface area contributed by atoms with E-state index in [0.717, 1.165) is 28.9 Å². The van der Waals surface area contributed by atoms with Crippen molar-refractivity contribution in [3.05, 3.63) is 23.3 Å². The second-order valence-corrected chi connectivity index (χ2v) is 7.38. The predicted molar refractivity (Wildman–Crippen MR) is 74.4 cm³/mol. The van der Waals surface area contributed by atoms with E-state index in [1.165, 1.54) is 38.5 Å². The minimum absolute atomic E-state index is 0.0661. The largest absolute Gasteiger partial charge is 0.507 e. The first kappa shape index (κ1) is 11.6. The van der Waals surface area contributed by atoms with Crippen LogP contribution in [0, 0.1) is 24.7 Å². The van der Waals surface area contributed by atoms with Crippen molar-refractivity contribution in [3.8, 4) is 11.5 Å². The molecular formula is C17H22O2. The number of aryl methyl sites for hydroxylation is 1. The van der Waals surface area contributed by atoms with E-state index in [4.69, 9.17) is 0 Å². The molecule has 0 saturated heterocycles. The molecule has 0 atom stereocenters. The van der Waals surface area contributed by atoms with Crippen molar-refractivity contribution in [1.29, 1.82) is 0 Å². The molecule has 2 heteroatoms. The van der Waals surface area contributed by atoms with Gasteiger partial charge in [0, 0.05) is 11.0 Å². The van der Waals surface area contributed by atoms with Crippen LogP contribution in [0.15, 0.2) is 12.1 Å². The third-order valence-electron chi connectivity index (χ3n) is 5.81. The van der Waals surface area contributed by atoms with Crippen LogP contribution in [0.2, 0.25) is 0 Å². The molecule has 5 rings (SSSR count). The van der Waals surface area contributed by atoms with Crippen LogP contribution >= 0.6 is 0 Å². The Balaban J connectivity index is 1.84. The van der Waals surface area contributed by atoms with Crippen molar-refractivity contribution >= 4 is 0 Å². The highest BCUT2D eigenvalue weighted by Crippen LogP contribution is 2.63. The molecule has 2 nitrogen and oxygen atoms in total. The summed E-state index contributed by atoms with van der Waals surface area (Å²) in [6, 6.07) is 3.63. The van der Waals surface area contributed by atoms with E-state index in [0.29, 0.717) is 11.5 Å². The lowest BCUT2D eigenvalue weighted by Gasteiger charge is -2.57. The van der Waals surface area contributed by atoms with Gasteiger partial charge in [-0.3, -0.25) is 0 Å². The molecule has 0 aromatic heterocycles. The summed E-state index contributed by atoms with van der Waals surface area (Å²) < 4.78 is 0. The molecule has 0 aliphatic heterocycles. The average Bonchev–Trinajstić information content (AvgIpc) is 2.24. The van der Waals surface area contributed by atoms with Gasteiger partial charge < -0.3 is 10.2 Å². The van der Waals surface area contributed by atoms with Gasteiger partial charge in [-0.05, 0) is 80.9 Å². The van der Waals surface area contributed by atoms with E-state index in [-0.39, 0.29) is 5.41 Å². The normalized spacial score (nSPS) is 39.7. The summed E-state index contributed by atoms with van der Waals surface area (Å²) in [5.74, 6) is 3.11. The Morgan fingerprint density at radius 2 is 1.32 bits per heavy atom. The molecule has 1 aromatic rings. The molecule has 0 radical (unpaired) electrons. The Bertz CT molecular complexity index is 474. The van der Waals surface area contributed by atoms with Crippen LogP contribution in [-0.4, -0.2) is 10.2 Å². The Labute approximate surface area is 114 Å². The fraction of sp³-hybridized carbons (Fsp3) is 0.647. The Morgan fingerprint density at radius 3 is 1.74 bits per heavy atom. The summed E-state index contributed by atoms with van der Waals surface area (Å²) in [6.45, 7) is 1.92. The van der Waals surface area contributed by atoms with E-state index in [1.807, 2.05) is 19.1 Å². The van der Waals surface area contributed by atoms with Crippen LogP contribution in [0.5, 0.6) is 11.5 Å². The quantitative estimate of drug-likeness (QED) is 0.802. The van der Waals surface area contributed by atoms with E-state index < -0.39 is 0 Å². The monoisotopic (exact) mass is 258 g/mol. The number of hydrogen-bond donors (Lipinski definition) is 2. The van der Waals surface area contributed by atoms with Crippen LogP contribution in [0.25, 0.3) is 0 Å². The first-order chi connectivity index (χ1) is 9.06. The van der Waals surface area contributed by atoms with Crippen LogP contribution < -0.4 is 0 Å². The number of phenolic OH excluding ortho intramolecular Hbond substituents is 2. The van der Waals surface area contributed by atoms with E-state index >= 15 is 0 Å². The van der Waals surface area contributed by atoms with Gasteiger partial charge in [0.05, 0.1) is 0 Å². The lowest BCUT2D eigenvalue weighted by molar-refractivity contribution is -0.00711. The number of hydrogen-bond acceptors (Lipinski definition) is 2. The molecule has 4 saturated carbocycles. The zero-order valence-corrected chi connectivity index (χ0v) is 11.5. The number of benzene rings is 1. The second kappa shape index (κ2) is 3.68. The zero-order chi connectivity index (χ0) is 13.2. The Hall–Kier alpha value is -1.18. The summed E-state index contributed by atoms with van der Waals surface area (Å²) in [6.07, 6.45) is 7.65. The first-order valence-corrected chi connectivity index (χ1v) is 7.59. The van der Waals surface area contributed by atoms with Crippen molar-refractivity contribution in [2.24, 2.45) is 17.8 Å². The summed E-state index contributed by atoms with van der Waals surface area (Å²) in [5.41, 5.74) is 1.86. The van der Waals surface area contributed by atoms with Crippen molar-refractivity contribution in [2.75, 3.05) is 0 Å².